The number of hydrogen-bond donors (Lipinski definition) is 0. The second-order valence-electron chi connectivity index (χ2n) is 8.25. The van der Waals surface area contributed by atoms with Gasteiger partial charge in [-0.3, -0.25) is 0 Å². The van der Waals surface area contributed by atoms with Crippen LogP contribution in [0.2, 0.25) is 0 Å². The fourth-order valence-corrected chi connectivity index (χ4v) is 4.69. The molecule has 0 saturated heterocycles. The number of benzene rings is 1. The second kappa shape index (κ2) is 9.77. The number of hydrogen-bond acceptors (Lipinski definition) is 1. The lowest BCUT2D eigenvalue weighted by atomic mass is 9.77. The molecule has 0 aromatic heterocycles. The number of nitrogens with zero attached hydrogens (tertiary/aromatic N) is 1. The predicted molar refractivity (Wildman–Crippen MR) is 110 cm³/mol. The fraction of sp³-hybridized carbons (Fsp3) is 0.560. The molecule has 0 aliphatic heterocycles. The highest BCUT2D eigenvalue weighted by atomic mass is 14.3. The highest BCUT2D eigenvalue weighted by molar-refractivity contribution is 5.26. The van der Waals surface area contributed by atoms with E-state index in [4.69, 9.17) is 5.26 Å². The van der Waals surface area contributed by atoms with Gasteiger partial charge < -0.3 is 0 Å². The molecule has 0 spiro atoms. The molecule has 2 saturated carbocycles. The van der Waals surface area contributed by atoms with Gasteiger partial charge in [0.05, 0.1) is 6.07 Å². The van der Waals surface area contributed by atoms with E-state index in [0.717, 1.165) is 24.2 Å². The lowest BCUT2D eigenvalue weighted by Crippen LogP contribution is -2.14. The van der Waals surface area contributed by atoms with Crippen molar-refractivity contribution < 1.29 is 0 Å². The van der Waals surface area contributed by atoms with Gasteiger partial charge in [-0.2, -0.15) is 5.26 Å². The Morgan fingerprint density at radius 1 is 0.808 bits per heavy atom. The van der Waals surface area contributed by atoms with Gasteiger partial charge in [0, 0.05) is 6.08 Å². The van der Waals surface area contributed by atoms with Crippen LogP contribution in [0.4, 0.5) is 0 Å². The van der Waals surface area contributed by atoms with Crippen molar-refractivity contribution in [2.24, 2.45) is 17.8 Å². The van der Waals surface area contributed by atoms with E-state index in [2.05, 4.69) is 55.5 Å². The molecule has 1 heteroatoms. The maximum Gasteiger partial charge on any atom is 0.0908 e. The van der Waals surface area contributed by atoms with Crippen LogP contribution in [-0.4, -0.2) is 0 Å². The molecule has 0 atom stereocenters. The summed E-state index contributed by atoms with van der Waals surface area (Å²) in [7, 11) is 0. The van der Waals surface area contributed by atoms with Crippen LogP contribution in [0.25, 0.3) is 0 Å². The van der Waals surface area contributed by atoms with Crippen LogP contribution >= 0.6 is 0 Å². The lowest BCUT2D eigenvalue weighted by Gasteiger charge is -2.28. The van der Waals surface area contributed by atoms with E-state index < -0.39 is 0 Å². The number of allylic oxidation sites excluding steroid dienone is 4. The number of aryl methyl sites for hydroxylation is 1. The first kappa shape index (κ1) is 19.0. The average molecular weight is 348 g/mol. The highest BCUT2D eigenvalue weighted by Gasteiger charge is 2.22. The quantitative estimate of drug-likeness (QED) is 0.417. The van der Waals surface area contributed by atoms with Crippen LogP contribution in [-0.2, 0) is 6.42 Å². The fourth-order valence-electron chi connectivity index (χ4n) is 4.69. The molecule has 0 radical (unpaired) electrons. The van der Waals surface area contributed by atoms with Gasteiger partial charge in [-0.05, 0) is 92.6 Å². The van der Waals surface area contributed by atoms with Gasteiger partial charge in [-0.25, -0.2) is 0 Å². The van der Waals surface area contributed by atoms with E-state index in [1.807, 2.05) is 0 Å². The number of nitriles is 1. The van der Waals surface area contributed by atoms with E-state index in [-0.39, 0.29) is 0 Å². The third-order valence-electron chi connectivity index (χ3n) is 6.55. The van der Waals surface area contributed by atoms with Gasteiger partial charge in [0.15, 0.2) is 0 Å². The van der Waals surface area contributed by atoms with E-state index in [1.165, 1.54) is 56.9 Å². The van der Waals surface area contributed by atoms with Crippen LogP contribution in [0.5, 0.6) is 0 Å². The van der Waals surface area contributed by atoms with Gasteiger partial charge in [-0.15, -0.1) is 0 Å². The minimum absolute atomic E-state index is 0.633. The normalized spacial score (nSPS) is 29.8. The summed E-state index contributed by atoms with van der Waals surface area (Å²) >= 11 is 0. The van der Waals surface area contributed by atoms with Crippen LogP contribution in [0, 0.1) is 29.1 Å². The molecule has 0 amide bonds. The first-order valence-corrected chi connectivity index (χ1v) is 10.6. The first-order chi connectivity index (χ1) is 12.8. The summed E-state index contributed by atoms with van der Waals surface area (Å²) in [5, 5.41) is 8.64. The van der Waals surface area contributed by atoms with Crippen molar-refractivity contribution in [1.82, 2.24) is 0 Å². The number of rotatable bonds is 5. The van der Waals surface area contributed by atoms with Crippen molar-refractivity contribution >= 4 is 0 Å². The van der Waals surface area contributed by atoms with Crippen LogP contribution < -0.4 is 0 Å². The van der Waals surface area contributed by atoms with Gasteiger partial charge in [0.1, 0.15) is 0 Å². The maximum atomic E-state index is 8.64. The first-order valence-electron chi connectivity index (χ1n) is 10.6. The van der Waals surface area contributed by atoms with Gasteiger partial charge >= 0.3 is 0 Å². The van der Waals surface area contributed by atoms with Crippen molar-refractivity contribution in [2.45, 2.75) is 70.6 Å². The highest BCUT2D eigenvalue weighted by Crippen LogP contribution is 2.37. The van der Waals surface area contributed by atoms with E-state index in [0.29, 0.717) is 5.92 Å². The van der Waals surface area contributed by atoms with Gasteiger partial charge in [-0.1, -0.05) is 49.4 Å². The van der Waals surface area contributed by atoms with Gasteiger partial charge in [0.25, 0.3) is 0 Å². The molecular weight excluding hydrogens is 314 g/mol. The standard InChI is InChI=1S/C25H33N/c1-2-20-11-15-24(16-12-20)25-17-13-23(14-18-25)10-9-22-7-5-21(6-8-22)4-3-19-26/h3-4,9-12,15-16,21-23,25H,2,5-8,13-14,17-18H2,1H3. The molecular formula is C25H33N. The summed E-state index contributed by atoms with van der Waals surface area (Å²) < 4.78 is 0. The summed E-state index contributed by atoms with van der Waals surface area (Å²) in [4.78, 5) is 0. The molecule has 1 aromatic carbocycles. The molecule has 3 rings (SSSR count). The molecule has 0 unspecified atom stereocenters. The summed E-state index contributed by atoms with van der Waals surface area (Å²) in [5.74, 6) is 2.96. The summed E-state index contributed by atoms with van der Waals surface area (Å²) in [6.07, 6.45) is 20.4. The monoisotopic (exact) mass is 347 g/mol. The Morgan fingerprint density at radius 3 is 1.81 bits per heavy atom. The Morgan fingerprint density at radius 2 is 1.31 bits per heavy atom. The van der Waals surface area contributed by atoms with Gasteiger partial charge in [0.2, 0.25) is 0 Å². The van der Waals surface area contributed by atoms with E-state index in [1.54, 1.807) is 11.6 Å². The van der Waals surface area contributed by atoms with Crippen LogP contribution in [0.1, 0.15) is 75.3 Å². The zero-order valence-corrected chi connectivity index (χ0v) is 16.2. The SMILES string of the molecule is CCc1ccc(C2CCC(C=CC3CCC(C=CC#N)CC3)CC2)cc1. The smallest absolute Gasteiger partial charge is 0.0908 e. The summed E-state index contributed by atoms with van der Waals surface area (Å²) in [6, 6.07) is 11.5. The van der Waals surface area contributed by atoms with Crippen LogP contribution in [0.15, 0.2) is 48.6 Å². The predicted octanol–water partition coefficient (Wildman–Crippen LogP) is 6.97. The Kier molecular flexibility index (Phi) is 7.13. The van der Waals surface area contributed by atoms with Crippen molar-refractivity contribution in [3.63, 3.8) is 0 Å². The Bertz CT molecular complexity index is 630. The van der Waals surface area contributed by atoms with E-state index >= 15 is 0 Å². The Hall–Kier alpha value is -1.81. The molecule has 2 fully saturated rings. The minimum atomic E-state index is 0.633. The summed E-state index contributed by atoms with van der Waals surface area (Å²) in [5.41, 5.74) is 3.00. The molecule has 1 nitrogen and oxygen atoms in total. The molecule has 138 valence electrons. The molecule has 0 N–H and O–H groups in total. The largest absolute Gasteiger partial charge is 0.193 e. The van der Waals surface area contributed by atoms with Crippen molar-refractivity contribution in [3.8, 4) is 6.07 Å². The maximum absolute atomic E-state index is 8.64. The third kappa shape index (κ3) is 5.34. The van der Waals surface area contributed by atoms with Crippen molar-refractivity contribution in [3.05, 3.63) is 59.7 Å². The Labute approximate surface area is 159 Å². The molecule has 0 bridgehead atoms. The van der Waals surface area contributed by atoms with E-state index in [9.17, 15) is 0 Å². The Balaban J connectivity index is 1.42. The zero-order chi connectivity index (χ0) is 18.2. The van der Waals surface area contributed by atoms with Crippen molar-refractivity contribution in [2.75, 3.05) is 0 Å². The average Bonchev–Trinajstić information content (AvgIpc) is 2.72. The zero-order valence-electron chi connectivity index (χ0n) is 16.2. The summed E-state index contributed by atoms with van der Waals surface area (Å²) in [6.45, 7) is 2.22. The lowest BCUT2D eigenvalue weighted by molar-refractivity contribution is 0.348. The molecule has 2 aliphatic rings. The molecule has 26 heavy (non-hydrogen) atoms. The third-order valence-corrected chi connectivity index (χ3v) is 6.55. The topological polar surface area (TPSA) is 23.8 Å². The second-order valence-corrected chi connectivity index (χ2v) is 8.25. The van der Waals surface area contributed by atoms with Crippen molar-refractivity contribution in [1.29, 1.82) is 5.26 Å². The minimum Gasteiger partial charge on any atom is -0.193 e. The molecule has 0 heterocycles. The molecule has 2 aliphatic carbocycles. The van der Waals surface area contributed by atoms with Crippen LogP contribution in [0.3, 0.4) is 0 Å². The molecule has 1 aromatic rings.